The van der Waals surface area contributed by atoms with Gasteiger partial charge in [-0.25, -0.2) is 0 Å². The highest BCUT2D eigenvalue weighted by molar-refractivity contribution is 5.76. The van der Waals surface area contributed by atoms with E-state index in [2.05, 4.69) is 5.32 Å². The summed E-state index contributed by atoms with van der Waals surface area (Å²) in [6, 6.07) is 0.0965. The quantitative estimate of drug-likeness (QED) is 0.547. The number of carbonyl (C=O) groups excluding carboxylic acids is 1. The van der Waals surface area contributed by atoms with E-state index >= 15 is 0 Å². The summed E-state index contributed by atoms with van der Waals surface area (Å²) < 4.78 is 0. The predicted molar refractivity (Wildman–Crippen MR) is 47.2 cm³/mol. The highest BCUT2D eigenvalue weighted by Gasteiger charge is 2.13. The average Bonchev–Trinajstić information content (AvgIpc) is 2.05. The van der Waals surface area contributed by atoms with Crippen LogP contribution in [-0.4, -0.2) is 18.5 Å². The molecule has 3 N–H and O–H groups in total. The van der Waals surface area contributed by atoms with Crippen LogP contribution in [0.3, 0.4) is 0 Å². The standard InChI is InChI=1S/C9H16N2O/c1-7-3-2-4-8(10)6-11-9(12)5-7/h1,7-8H,2-6,10H2,(H,11,12). The summed E-state index contributed by atoms with van der Waals surface area (Å²) in [6.07, 6.45) is 3.32. The van der Waals surface area contributed by atoms with Crippen molar-refractivity contribution >= 4 is 5.91 Å². The lowest BCUT2D eigenvalue weighted by Crippen LogP contribution is -2.36. The molecule has 0 aromatic heterocycles. The van der Waals surface area contributed by atoms with Crippen molar-refractivity contribution in [2.45, 2.75) is 31.7 Å². The third-order valence-electron chi connectivity index (χ3n) is 2.16. The fraction of sp³-hybridized carbons (Fsp3) is 0.778. The van der Waals surface area contributed by atoms with Gasteiger partial charge >= 0.3 is 0 Å². The molecule has 0 spiro atoms. The fourth-order valence-electron chi connectivity index (χ4n) is 1.40. The Kier molecular flexibility index (Phi) is 3.53. The van der Waals surface area contributed by atoms with Gasteiger partial charge in [0.05, 0.1) is 0 Å². The topological polar surface area (TPSA) is 55.1 Å². The minimum atomic E-state index is 0.00954. The first-order valence-corrected chi connectivity index (χ1v) is 4.46. The third-order valence-corrected chi connectivity index (χ3v) is 2.16. The highest BCUT2D eigenvalue weighted by atomic mass is 16.1. The molecule has 1 rings (SSSR count). The summed E-state index contributed by atoms with van der Waals surface area (Å²) in [5, 5.41) is 2.76. The fourth-order valence-corrected chi connectivity index (χ4v) is 1.40. The lowest BCUT2D eigenvalue weighted by Gasteiger charge is -2.09. The second kappa shape index (κ2) is 4.45. The van der Waals surface area contributed by atoms with Crippen LogP contribution in [0.2, 0.25) is 0 Å². The first-order chi connectivity index (χ1) is 5.68. The lowest BCUT2D eigenvalue weighted by molar-refractivity contribution is -0.121. The molecule has 1 amide bonds. The van der Waals surface area contributed by atoms with Crippen LogP contribution in [0.4, 0.5) is 0 Å². The van der Waals surface area contributed by atoms with E-state index in [1.807, 2.05) is 0 Å². The SMILES string of the molecule is [CH]C1CCCC(N)CNC(=O)C1. The van der Waals surface area contributed by atoms with Gasteiger partial charge in [0.15, 0.2) is 0 Å². The van der Waals surface area contributed by atoms with Crippen LogP contribution in [0.1, 0.15) is 25.7 Å². The Morgan fingerprint density at radius 3 is 3.00 bits per heavy atom. The summed E-state index contributed by atoms with van der Waals surface area (Å²) >= 11 is 0. The highest BCUT2D eigenvalue weighted by Crippen LogP contribution is 2.13. The lowest BCUT2D eigenvalue weighted by atomic mass is 10.00. The molecule has 1 fully saturated rings. The Labute approximate surface area is 73.7 Å². The minimum Gasteiger partial charge on any atom is -0.355 e. The van der Waals surface area contributed by atoms with Crippen molar-refractivity contribution in [3.63, 3.8) is 0 Å². The number of hydrogen-bond acceptors (Lipinski definition) is 2. The number of nitrogens with one attached hydrogen (secondary N) is 1. The Morgan fingerprint density at radius 2 is 2.25 bits per heavy atom. The van der Waals surface area contributed by atoms with Crippen LogP contribution in [0.15, 0.2) is 0 Å². The van der Waals surface area contributed by atoms with Crippen LogP contribution in [0.25, 0.3) is 0 Å². The van der Waals surface area contributed by atoms with Crippen molar-refractivity contribution in [2.24, 2.45) is 11.7 Å². The zero-order valence-corrected chi connectivity index (χ0v) is 7.25. The van der Waals surface area contributed by atoms with E-state index in [1.54, 1.807) is 0 Å². The van der Waals surface area contributed by atoms with E-state index in [0.717, 1.165) is 19.3 Å². The van der Waals surface area contributed by atoms with Crippen molar-refractivity contribution in [3.05, 3.63) is 6.92 Å². The molecule has 0 aromatic rings. The maximum atomic E-state index is 11.1. The molecular weight excluding hydrogens is 152 g/mol. The maximum absolute atomic E-state index is 11.1. The van der Waals surface area contributed by atoms with E-state index in [-0.39, 0.29) is 17.9 Å². The number of amides is 1. The molecular formula is C9H16N2O. The van der Waals surface area contributed by atoms with Gasteiger partial charge in [-0.1, -0.05) is 6.42 Å². The molecule has 2 atom stereocenters. The smallest absolute Gasteiger partial charge is 0.220 e. The monoisotopic (exact) mass is 168 g/mol. The summed E-state index contributed by atoms with van der Waals surface area (Å²) in [6.45, 7) is 6.30. The van der Waals surface area contributed by atoms with E-state index in [9.17, 15) is 4.79 Å². The van der Waals surface area contributed by atoms with Crippen molar-refractivity contribution in [3.8, 4) is 0 Å². The molecule has 0 aromatic carbocycles. The van der Waals surface area contributed by atoms with Crippen molar-refractivity contribution in [2.75, 3.05) is 6.54 Å². The van der Waals surface area contributed by atoms with Crippen molar-refractivity contribution in [1.29, 1.82) is 0 Å². The van der Waals surface area contributed by atoms with Gasteiger partial charge in [0.2, 0.25) is 5.91 Å². The second-order valence-corrected chi connectivity index (χ2v) is 3.46. The number of rotatable bonds is 0. The molecule has 68 valence electrons. The Hall–Kier alpha value is -0.570. The zero-order valence-electron chi connectivity index (χ0n) is 7.25. The Bertz CT molecular complexity index is 159. The predicted octanol–water partition coefficient (Wildman–Crippen LogP) is 0.331. The molecule has 12 heavy (non-hydrogen) atoms. The largest absolute Gasteiger partial charge is 0.355 e. The first kappa shape index (κ1) is 9.52. The van der Waals surface area contributed by atoms with E-state index in [0.29, 0.717) is 13.0 Å². The van der Waals surface area contributed by atoms with Gasteiger partial charge in [-0.2, -0.15) is 0 Å². The van der Waals surface area contributed by atoms with Crippen LogP contribution in [0, 0.1) is 12.8 Å². The molecule has 2 radical (unpaired) electrons. The first-order valence-electron chi connectivity index (χ1n) is 4.46. The van der Waals surface area contributed by atoms with Crippen LogP contribution in [-0.2, 0) is 4.79 Å². The minimum absolute atomic E-state index is 0.00954. The molecule has 0 saturated carbocycles. The molecule has 1 heterocycles. The normalized spacial score (nSPS) is 33.0. The number of hydrogen-bond donors (Lipinski definition) is 2. The van der Waals surface area contributed by atoms with Gasteiger partial charge in [0.1, 0.15) is 0 Å². The van der Waals surface area contributed by atoms with Gasteiger partial charge < -0.3 is 11.1 Å². The number of carbonyl (C=O) groups is 1. The average molecular weight is 168 g/mol. The molecule has 2 unspecified atom stereocenters. The van der Waals surface area contributed by atoms with E-state index in [4.69, 9.17) is 12.7 Å². The van der Waals surface area contributed by atoms with Gasteiger partial charge in [-0.15, -0.1) is 0 Å². The summed E-state index contributed by atoms with van der Waals surface area (Å²) in [4.78, 5) is 11.1. The number of nitrogens with two attached hydrogens (primary N) is 1. The maximum Gasteiger partial charge on any atom is 0.220 e. The van der Waals surface area contributed by atoms with Crippen LogP contribution >= 0.6 is 0 Å². The van der Waals surface area contributed by atoms with Gasteiger partial charge in [-0.3, -0.25) is 4.79 Å². The second-order valence-electron chi connectivity index (χ2n) is 3.46. The Balaban J connectivity index is 2.41. The molecule has 1 saturated heterocycles. The van der Waals surface area contributed by atoms with Crippen LogP contribution in [0.5, 0.6) is 0 Å². The van der Waals surface area contributed by atoms with E-state index in [1.165, 1.54) is 0 Å². The molecule has 3 heteroatoms. The molecule has 3 nitrogen and oxygen atoms in total. The van der Waals surface area contributed by atoms with E-state index < -0.39 is 0 Å². The zero-order chi connectivity index (χ0) is 8.97. The third kappa shape index (κ3) is 3.22. The Morgan fingerprint density at radius 1 is 1.50 bits per heavy atom. The van der Waals surface area contributed by atoms with Gasteiger partial charge in [0.25, 0.3) is 0 Å². The van der Waals surface area contributed by atoms with Gasteiger partial charge in [-0.05, 0) is 25.7 Å². The summed E-state index contributed by atoms with van der Waals surface area (Å²) in [5.41, 5.74) is 5.73. The molecule has 1 aliphatic heterocycles. The van der Waals surface area contributed by atoms with Gasteiger partial charge in [0, 0.05) is 19.0 Å². The van der Waals surface area contributed by atoms with Crippen LogP contribution < -0.4 is 11.1 Å². The van der Waals surface area contributed by atoms with Crippen molar-refractivity contribution in [1.82, 2.24) is 5.32 Å². The molecule has 0 aliphatic carbocycles. The van der Waals surface area contributed by atoms with Crippen molar-refractivity contribution < 1.29 is 4.79 Å². The summed E-state index contributed by atoms with van der Waals surface area (Å²) in [5.74, 6) is 0.0372. The molecule has 0 bridgehead atoms. The summed E-state index contributed by atoms with van der Waals surface area (Å²) in [7, 11) is 0. The molecule has 1 aliphatic rings.